The Labute approximate surface area is 100 Å². The van der Waals surface area contributed by atoms with Crippen molar-refractivity contribution >= 4 is 10.0 Å². The maximum Gasteiger partial charge on any atom is 0.260 e. The van der Waals surface area contributed by atoms with Gasteiger partial charge in [0.2, 0.25) is 0 Å². The van der Waals surface area contributed by atoms with Gasteiger partial charge in [0.15, 0.2) is 5.03 Å². The highest BCUT2D eigenvalue weighted by atomic mass is 32.2. The molecular weight excluding hydrogens is 246 g/mol. The fourth-order valence-corrected chi connectivity index (χ4v) is 2.71. The maximum absolute atomic E-state index is 11.9. The number of imidazole rings is 1. The van der Waals surface area contributed by atoms with Crippen LogP contribution in [-0.2, 0) is 17.1 Å². The zero-order chi connectivity index (χ0) is 13.1. The summed E-state index contributed by atoms with van der Waals surface area (Å²) < 4.78 is 27.6. The topological polar surface area (TPSA) is 104 Å². The van der Waals surface area contributed by atoms with Crippen LogP contribution >= 0.6 is 0 Å². The number of hydrogen-bond acceptors (Lipinski definition) is 5. The first kappa shape index (κ1) is 14.1. The summed E-state index contributed by atoms with van der Waals surface area (Å²) in [6.07, 6.45) is 2.98. The van der Waals surface area contributed by atoms with Crippen LogP contribution in [0.15, 0.2) is 17.6 Å². The van der Waals surface area contributed by atoms with Crippen LogP contribution in [0.3, 0.4) is 0 Å². The molecule has 0 spiro atoms. The van der Waals surface area contributed by atoms with Crippen molar-refractivity contribution < 1.29 is 18.6 Å². The van der Waals surface area contributed by atoms with Crippen LogP contribution in [0.25, 0.3) is 0 Å². The average molecular weight is 263 g/mol. The van der Waals surface area contributed by atoms with E-state index in [1.54, 1.807) is 14.0 Å². The Bertz CT molecular complexity index is 456. The van der Waals surface area contributed by atoms with Crippen LogP contribution in [0.2, 0.25) is 0 Å². The van der Waals surface area contributed by atoms with E-state index in [1.165, 1.54) is 17.1 Å². The quantitative estimate of drug-likeness (QED) is 0.600. The van der Waals surface area contributed by atoms with Gasteiger partial charge in [-0.25, -0.2) is 13.4 Å². The van der Waals surface area contributed by atoms with Crippen molar-refractivity contribution in [3.8, 4) is 0 Å². The molecule has 1 aromatic rings. The molecule has 0 amide bonds. The van der Waals surface area contributed by atoms with Crippen LogP contribution in [-0.4, -0.2) is 46.9 Å². The minimum absolute atomic E-state index is 0.139. The van der Waals surface area contributed by atoms with Gasteiger partial charge < -0.3 is 14.8 Å². The second-order valence-corrected chi connectivity index (χ2v) is 5.56. The molecule has 17 heavy (non-hydrogen) atoms. The molecular formula is C9H17N3O4S. The molecule has 0 bridgehead atoms. The lowest BCUT2D eigenvalue weighted by atomic mass is 10.0. The van der Waals surface area contributed by atoms with Crippen molar-refractivity contribution in [3.05, 3.63) is 12.5 Å². The first-order valence-electron chi connectivity index (χ1n) is 5.13. The Morgan fingerprint density at radius 1 is 1.47 bits per heavy atom. The minimum atomic E-state index is -3.84. The number of aliphatic hydroxyl groups is 2. The highest BCUT2D eigenvalue weighted by Crippen LogP contribution is 2.14. The van der Waals surface area contributed by atoms with Gasteiger partial charge >= 0.3 is 0 Å². The molecule has 0 aliphatic carbocycles. The van der Waals surface area contributed by atoms with Crippen LogP contribution in [0.1, 0.15) is 13.3 Å². The fraction of sp³-hybridized carbons (Fsp3) is 0.667. The van der Waals surface area contributed by atoms with E-state index >= 15 is 0 Å². The fourth-order valence-electron chi connectivity index (χ4n) is 1.28. The zero-order valence-electron chi connectivity index (χ0n) is 9.79. The number of aryl methyl sites for hydroxylation is 1. The van der Waals surface area contributed by atoms with E-state index in [0.29, 0.717) is 0 Å². The molecule has 0 aromatic carbocycles. The van der Waals surface area contributed by atoms with E-state index in [1.807, 2.05) is 0 Å². The van der Waals surface area contributed by atoms with Crippen molar-refractivity contribution in [2.24, 2.45) is 7.05 Å². The van der Waals surface area contributed by atoms with Gasteiger partial charge in [-0.1, -0.05) is 6.92 Å². The monoisotopic (exact) mass is 263 g/mol. The second kappa shape index (κ2) is 5.13. The minimum Gasteiger partial charge on any atom is -0.394 e. The lowest BCUT2D eigenvalue weighted by molar-refractivity contribution is 0.105. The normalized spacial score (nSPS) is 12.9. The Morgan fingerprint density at radius 2 is 2.06 bits per heavy atom. The lowest BCUT2D eigenvalue weighted by Crippen LogP contribution is -2.53. The predicted molar refractivity (Wildman–Crippen MR) is 60.7 cm³/mol. The van der Waals surface area contributed by atoms with E-state index in [9.17, 15) is 18.6 Å². The number of sulfonamides is 1. The van der Waals surface area contributed by atoms with Crippen molar-refractivity contribution in [1.29, 1.82) is 0 Å². The summed E-state index contributed by atoms with van der Waals surface area (Å²) in [4.78, 5) is 3.72. The highest BCUT2D eigenvalue weighted by Gasteiger charge is 2.33. The summed E-state index contributed by atoms with van der Waals surface area (Å²) in [6, 6.07) is 0. The van der Waals surface area contributed by atoms with Crippen LogP contribution in [0.5, 0.6) is 0 Å². The van der Waals surface area contributed by atoms with Crippen molar-refractivity contribution in [2.45, 2.75) is 23.9 Å². The van der Waals surface area contributed by atoms with Gasteiger partial charge in [0.05, 0.1) is 25.1 Å². The van der Waals surface area contributed by atoms with Gasteiger partial charge in [-0.3, -0.25) is 0 Å². The molecule has 1 heterocycles. The van der Waals surface area contributed by atoms with Gasteiger partial charge in [0.25, 0.3) is 10.0 Å². The number of aromatic nitrogens is 2. The Hall–Kier alpha value is -0.960. The van der Waals surface area contributed by atoms with Crippen molar-refractivity contribution in [2.75, 3.05) is 13.2 Å². The molecule has 0 saturated carbocycles. The second-order valence-electron chi connectivity index (χ2n) is 3.93. The van der Waals surface area contributed by atoms with Crippen molar-refractivity contribution in [1.82, 2.24) is 14.3 Å². The van der Waals surface area contributed by atoms with Gasteiger partial charge in [0, 0.05) is 13.2 Å². The number of nitrogens with zero attached hydrogens (tertiary/aromatic N) is 2. The molecule has 0 unspecified atom stereocenters. The average Bonchev–Trinajstić information content (AvgIpc) is 2.74. The van der Waals surface area contributed by atoms with Gasteiger partial charge in [-0.2, -0.15) is 4.72 Å². The SMILES string of the molecule is CCC(CO)(CO)NS(=O)(=O)c1cn(C)cn1. The van der Waals surface area contributed by atoms with Crippen LogP contribution in [0.4, 0.5) is 0 Å². The van der Waals surface area contributed by atoms with Gasteiger partial charge in [0.1, 0.15) is 0 Å². The Balaban J connectivity index is 3.00. The lowest BCUT2D eigenvalue weighted by Gasteiger charge is -2.28. The molecule has 0 fully saturated rings. The summed E-state index contributed by atoms with van der Waals surface area (Å²) in [5.41, 5.74) is -1.25. The van der Waals surface area contributed by atoms with E-state index < -0.39 is 28.8 Å². The molecule has 1 rings (SSSR count). The van der Waals surface area contributed by atoms with E-state index in [2.05, 4.69) is 9.71 Å². The predicted octanol–water partition coefficient (Wildman–Crippen LogP) is -1.17. The Morgan fingerprint density at radius 3 is 2.41 bits per heavy atom. The number of aliphatic hydroxyl groups excluding tert-OH is 2. The first-order chi connectivity index (χ1) is 7.89. The molecule has 0 atom stereocenters. The third kappa shape index (κ3) is 3.03. The van der Waals surface area contributed by atoms with Gasteiger partial charge in [-0.15, -0.1) is 0 Å². The molecule has 3 N–H and O–H groups in total. The number of nitrogens with one attached hydrogen (secondary N) is 1. The van der Waals surface area contributed by atoms with E-state index in [0.717, 1.165) is 0 Å². The van der Waals surface area contributed by atoms with Crippen molar-refractivity contribution in [3.63, 3.8) is 0 Å². The summed E-state index contributed by atoms with van der Waals surface area (Å²) >= 11 is 0. The maximum atomic E-state index is 11.9. The van der Waals surface area contributed by atoms with Gasteiger partial charge in [-0.05, 0) is 6.42 Å². The molecule has 0 saturated heterocycles. The number of rotatable bonds is 6. The molecule has 8 heteroatoms. The van der Waals surface area contributed by atoms with Crippen LogP contribution < -0.4 is 4.72 Å². The molecule has 0 aliphatic heterocycles. The number of hydrogen-bond donors (Lipinski definition) is 3. The zero-order valence-corrected chi connectivity index (χ0v) is 10.6. The van der Waals surface area contributed by atoms with Crippen LogP contribution in [0, 0.1) is 0 Å². The first-order valence-corrected chi connectivity index (χ1v) is 6.61. The standard InChI is InChI=1S/C9H17N3O4S/c1-3-9(5-13,6-14)11-17(15,16)8-4-12(2)7-10-8/h4,7,11,13-14H,3,5-6H2,1-2H3. The molecule has 0 radical (unpaired) electrons. The molecule has 1 aromatic heterocycles. The molecule has 0 aliphatic rings. The van der Waals surface area contributed by atoms with E-state index in [4.69, 9.17) is 0 Å². The summed E-state index contributed by atoms with van der Waals surface area (Å²) in [6.45, 7) is 0.714. The van der Waals surface area contributed by atoms with E-state index in [-0.39, 0.29) is 11.4 Å². The largest absolute Gasteiger partial charge is 0.394 e. The third-order valence-corrected chi connectivity index (χ3v) is 4.05. The summed E-state index contributed by atoms with van der Waals surface area (Å²) in [7, 11) is -2.19. The summed E-state index contributed by atoms with van der Waals surface area (Å²) in [5.74, 6) is 0. The smallest absolute Gasteiger partial charge is 0.260 e. The third-order valence-electron chi connectivity index (χ3n) is 2.59. The molecule has 98 valence electrons. The molecule has 7 nitrogen and oxygen atoms in total. The Kier molecular flexibility index (Phi) is 4.26. The summed E-state index contributed by atoms with van der Waals surface area (Å²) in [5, 5.41) is 18.2. The highest BCUT2D eigenvalue weighted by molar-refractivity contribution is 7.89.